The van der Waals surface area contributed by atoms with Gasteiger partial charge in [0.2, 0.25) is 0 Å². The fourth-order valence-electron chi connectivity index (χ4n) is 2.68. The maximum atomic E-state index is 12.5. The third-order valence-electron chi connectivity index (χ3n) is 3.95. The van der Waals surface area contributed by atoms with Crippen LogP contribution in [-0.4, -0.2) is 39.9 Å². The molecule has 1 aliphatic rings. The second-order valence-corrected chi connectivity index (χ2v) is 5.34. The average Bonchev–Trinajstić information content (AvgIpc) is 2.80. The van der Waals surface area contributed by atoms with Gasteiger partial charge in [-0.25, -0.2) is 0 Å². The van der Waals surface area contributed by atoms with E-state index in [1.165, 1.54) is 30.0 Å². The summed E-state index contributed by atoms with van der Waals surface area (Å²) in [6.07, 6.45) is 0. The summed E-state index contributed by atoms with van der Waals surface area (Å²) in [6, 6.07) is 4.34. The quantitative estimate of drug-likeness (QED) is 0.675. The normalized spacial score (nSPS) is 21.3. The number of likely N-dealkylation sites (tertiary alicyclic amines) is 1. The highest BCUT2D eigenvalue weighted by molar-refractivity contribution is 5.97. The van der Waals surface area contributed by atoms with E-state index in [9.17, 15) is 19.7 Å². The number of rotatable bonds is 3. The summed E-state index contributed by atoms with van der Waals surface area (Å²) in [5.41, 5.74) is 0.448. The molecule has 1 heterocycles. The molecule has 0 saturated carbocycles. The summed E-state index contributed by atoms with van der Waals surface area (Å²) >= 11 is 0. The van der Waals surface area contributed by atoms with Crippen molar-refractivity contribution in [2.45, 2.75) is 13.8 Å². The van der Waals surface area contributed by atoms with Crippen LogP contribution < -0.4 is 0 Å². The fourth-order valence-corrected chi connectivity index (χ4v) is 2.68. The third-order valence-corrected chi connectivity index (χ3v) is 3.95. The second kappa shape index (κ2) is 5.51. The molecule has 1 fully saturated rings. The van der Waals surface area contributed by atoms with Crippen LogP contribution >= 0.6 is 0 Å². The van der Waals surface area contributed by atoms with E-state index in [1.54, 1.807) is 6.92 Å². The van der Waals surface area contributed by atoms with E-state index in [4.69, 9.17) is 5.11 Å². The Bertz CT molecular complexity index is 613. The first kappa shape index (κ1) is 15.0. The number of nitro groups is 1. The van der Waals surface area contributed by atoms with Crippen LogP contribution in [0.1, 0.15) is 22.8 Å². The molecule has 2 unspecified atom stereocenters. The molecule has 1 aliphatic heterocycles. The van der Waals surface area contributed by atoms with Crippen LogP contribution in [0.2, 0.25) is 0 Å². The number of amides is 1. The third kappa shape index (κ3) is 2.72. The van der Waals surface area contributed by atoms with Crippen molar-refractivity contribution in [3.05, 3.63) is 39.4 Å². The smallest absolute Gasteiger partial charge is 0.308 e. The molecule has 7 nitrogen and oxygen atoms in total. The number of hydrogen-bond donors (Lipinski definition) is 1. The van der Waals surface area contributed by atoms with Crippen LogP contribution in [0.5, 0.6) is 0 Å². The molecule has 21 heavy (non-hydrogen) atoms. The first-order valence-electron chi connectivity index (χ1n) is 6.59. The lowest BCUT2D eigenvalue weighted by Crippen LogP contribution is -2.30. The van der Waals surface area contributed by atoms with E-state index in [-0.39, 0.29) is 29.6 Å². The summed E-state index contributed by atoms with van der Waals surface area (Å²) in [7, 11) is 0. The Balaban J connectivity index is 2.28. The van der Waals surface area contributed by atoms with Gasteiger partial charge in [-0.05, 0) is 18.9 Å². The van der Waals surface area contributed by atoms with E-state index < -0.39 is 16.8 Å². The minimum Gasteiger partial charge on any atom is -0.481 e. The van der Waals surface area contributed by atoms with Crippen LogP contribution in [0.25, 0.3) is 0 Å². The molecular weight excluding hydrogens is 276 g/mol. The van der Waals surface area contributed by atoms with Gasteiger partial charge < -0.3 is 10.0 Å². The number of hydrogen-bond acceptors (Lipinski definition) is 4. The molecule has 1 saturated heterocycles. The zero-order valence-electron chi connectivity index (χ0n) is 11.8. The molecule has 2 atom stereocenters. The molecule has 1 aromatic rings. The lowest BCUT2D eigenvalue weighted by molar-refractivity contribution is -0.385. The molecule has 1 amide bonds. The standard InChI is InChI=1S/C14H16N2O5/c1-8-6-15(7-11(8)14(18)19)13(17)10-4-3-5-12(9(10)2)16(20)21/h3-5,8,11H,6-7H2,1-2H3,(H,18,19). The number of nitrogens with zero attached hydrogens (tertiary/aromatic N) is 2. The van der Waals surface area contributed by atoms with Crippen molar-refractivity contribution >= 4 is 17.6 Å². The van der Waals surface area contributed by atoms with Crippen LogP contribution in [0.15, 0.2) is 18.2 Å². The molecule has 112 valence electrons. The largest absolute Gasteiger partial charge is 0.481 e. The summed E-state index contributed by atoms with van der Waals surface area (Å²) in [5, 5.41) is 20.0. The fraction of sp³-hybridized carbons (Fsp3) is 0.429. The van der Waals surface area contributed by atoms with Gasteiger partial charge in [-0.3, -0.25) is 19.7 Å². The molecule has 0 radical (unpaired) electrons. The summed E-state index contributed by atoms with van der Waals surface area (Å²) in [5.74, 6) is -2.00. The number of carbonyl (C=O) groups excluding carboxylic acids is 1. The predicted molar refractivity (Wildman–Crippen MR) is 74.0 cm³/mol. The van der Waals surface area contributed by atoms with Crippen molar-refractivity contribution in [1.29, 1.82) is 0 Å². The van der Waals surface area contributed by atoms with Gasteiger partial charge in [0.1, 0.15) is 0 Å². The van der Waals surface area contributed by atoms with Gasteiger partial charge in [-0.1, -0.05) is 13.0 Å². The Morgan fingerprint density at radius 1 is 1.38 bits per heavy atom. The van der Waals surface area contributed by atoms with Crippen LogP contribution in [-0.2, 0) is 4.79 Å². The van der Waals surface area contributed by atoms with Crippen molar-refractivity contribution in [2.24, 2.45) is 11.8 Å². The van der Waals surface area contributed by atoms with Gasteiger partial charge in [0, 0.05) is 30.3 Å². The number of carboxylic acids is 1. The molecule has 2 rings (SSSR count). The summed E-state index contributed by atoms with van der Waals surface area (Å²) in [6.45, 7) is 3.79. The van der Waals surface area contributed by atoms with Crippen molar-refractivity contribution in [1.82, 2.24) is 4.90 Å². The van der Waals surface area contributed by atoms with Crippen molar-refractivity contribution in [3.63, 3.8) is 0 Å². The Hall–Kier alpha value is -2.44. The van der Waals surface area contributed by atoms with Gasteiger partial charge in [0.25, 0.3) is 11.6 Å². The molecule has 0 aliphatic carbocycles. The summed E-state index contributed by atoms with van der Waals surface area (Å²) < 4.78 is 0. The van der Waals surface area contributed by atoms with Crippen LogP contribution in [0.3, 0.4) is 0 Å². The molecule has 0 aromatic heterocycles. The van der Waals surface area contributed by atoms with E-state index in [0.29, 0.717) is 12.1 Å². The van der Waals surface area contributed by atoms with E-state index >= 15 is 0 Å². The van der Waals surface area contributed by atoms with Crippen molar-refractivity contribution in [2.75, 3.05) is 13.1 Å². The van der Waals surface area contributed by atoms with Gasteiger partial charge in [-0.2, -0.15) is 0 Å². The minimum absolute atomic E-state index is 0.108. The monoisotopic (exact) mass is 292 g/mol. The number of nitro benzene ring substituents is 1. The first-order chi connectivity index (χ1) is 9.82. The van der Waals surface area contributed by atoms with Gasteiger partial charge in [0.05, 0.1) is 10.8 Å². The van der Waals surface area contributed by atoms with Gasteiger partial charge in [0.15, 0.2) is 0 Å². The van der Waals surface area contributed by atoms with E-state index in [2.05, 4.69) is 0 Å². The highest BCUT2D eigenvalue weighted by atomic mass is 16.6. The van der Waals surface area contributed by atoms with E-state index in [0.717, 1.165) is 0 Å². The maximum absolute atomic E-state index is 12.5. The van der Waals surface area contributed by atoms with Crippen molar-refractivity contribution in [3.8, 4) is 0 Å². The Labute approximate surface area is 121 Å². The molecule has 1 N–H and O–H groups in total. The number of aliphatic carboxylic acids is 1. The Kier molecular flexibility index (Phi) is 3.93. The Morgan fingerprint density at radius 3 is 2.57 bits per heavy atom. The summed E-state index contributed by atoms with van der Waals surface area (Å²) in [4.78, 5) is 35.4. The van der Waals surface area contributed by atoms with Crippen LogP contribution in [0.4, 0.5) is 5.69 Å². The Morgan fingerprint density at radius 2 is 2.05 bits per heavy atom. The lowest BCUT2D eigenvalue weighted by Gasteiger charge is -2.17. The van der Waals surface area contributed by atoms with Crippen LogP contribution in [0, 0.1) is 28.9 Å². The van der Waals surface area contributed by atoms with E-state index in [1.807, 2.05) is 0 Å². The minimum atomic E-state index is -0.923. The zero-order chi connectivity index (χ0) is 15.7. The van der Waals surface area contributed by atoms with Gasteiger partial charge in [-0.15, -0.1) is 0 Å². The molecular formula is C14H16N2O5. The molecule has 7 heteroatoms. The second-order valence-electron chi connectivity index (χ2n) is 5.34. The SMILES string of the molecule is Cc1c(C(=O)N2CC(C)C(C(=O)O)C2)cccc1[N+](=O)[O-]. The highest BCUT2D eigenvalue weighted by Gasteiger charge is 2.37. The number of carbonyl (C=O) groups is 2. The first-order valence-corrected chi connectivity index (χ1v) is 6.59. The number of carboxylic acid groups (broad SMARTS) is 1. The molecule has 0 bridgehead atoms. The average molecular weight is 292 g/mol. The maximum Gasteiger partial charge on any atom is 0.308 e. The van der Waals surface area contributed by atoms with Gasteiger partial charge >= 0.3 is 5.97 Å². The lowest BCUT2D eigenvalue weighted by atomic mass is 9.99. The topological polar surface area (TPSA) is 101 Å². The molecule has 0 spiro atoms. The zero-order valence-corrected chi connectivity index (χ0v) is 11.8. The number of benzene rings is 1. The predicted octanol–water partition coefficient (Wildman–Crippen LogP) is 1.70. The highest BCUT2D eigenvalue weighted by Crippen LogP contribution is 2.27. The van der Waals surface area contributed by atoms with Crippen molar-refractivity contribution < 1.29 is 19.6 Å². The molecule has 1 aromatic carbocycles.